The fraction of sp³-hybridized carbons (Fsp3) is 0. The van der Waals surface area contributed by atoms with Crippen LogP contribution in [0, 0.1) is 5.82 Å². The van der Waals surface area contributed by atoms with E-state index in [2.05, 4.69) is 9.44 Å². The largest absolute Gasteiger partial charge is 0.443 e. The Morgan fingerprint density at radius 1 is 0.781 bits per heavy atom. The predicted octanol–water partition coefficient (Wildman–Crippen LogP) is 5.48. The Hall–Kier alpha value is -2.79. The Morgan fingerprint density at radius 2 is 1.50 bits per heavy atom. The first-order chi connectivity index (χ1) is 15.0. The average molecular weight is 515 g/mol. The number of nitrogens with one attached hydrogen (secondary N) is 2. The lowest BCUT2D eigenvalue weighted by molar-refractivity contribution is 0.484. The minimum absolute atomic E-state index is 0.130. The van der Waals surface area contributed by atoms with E-state index in [4.69, 9.17) is 27.6 Å². The van der Waals surface area contributed by atoms with Crippen LogP contribution in [-0.4, -0.2) is 16.8 Å². The molecule has 12 heteroatoms. The lowest BCUT2D eigenvalue weighted by atomic mass is 10.3. The smallest absolute Gasteiger partial charge is 0.295 e. The number of fused-ring (bicyclic) bond motifs is 1. The van der Waals surface area contributed by atoms with Gasteiger partial charge in [0.15, 0.2) is 0 Å². The second-order valence-electron chi connectivity index (χ2n) is 6.58. The molecule has 32 heavy (non-hydrogen) atoms. The van der Waals surface area contributed by atoms with Gasteiger partial charge in [-0.3, -0.25) is 9.44 Å². The van der Waals surface area contributed by atoms with Crippen molar-refractivity contribution in [2.24, 2.45) is 0 Å². The van der Waals surface area contributed by atoms with Crippen LogP contribution in [0.5, 0.6) is 0 Å². The number of halogens is 3. The van der Waals surface area contributed by atoms with Crippen molar-refractivity contribution in [3.63, 3.8) is 0 Å². The Bertz CT molecular complexity index is 1520. The van der Waals surface area contributed by atoms with Gasteiger partial charge in [-0.1, -0.05) is 41.4 Å². The molecule has 4 aromatic rings. The maximum atomic E-state index is 13.3. The van der Waals surface area contributed by atoms with Crippen LogP contribution >= 0.6 is 23.2 Å². The Kier molecular flexibility index (Phi) is 5.80. The molecule has 1 heterocycles. The predicted molar refractivity (Wildman–Crippen MR) is 121 cm³/mol. The Morgan fingerprint density at radius 3 is 2.22 bits per heavy atom. The van der Waals surface area contributed by atoms with Gasteiger partial charge in [-0.15, -0.1) is 0 Å². The van der Waals surface area contributed by atoms with Crippen molar-refractivity contribution in [2.75, 3.05) is 9.44 Å². The zero-order valence-electron chi connectivity index (χ0n) is 15.8. The number of hydrogen-bond donors (Lipinski definition) is 2. The van der Waals surface area contributed by atoms with Crippen molar-refractivity contribution in [1.82, 2.24) is 0 Å². The van der Waals surface area contributed by atoms with Gasteiger partial charge in [0.25, 0.3) is 20.0 Å². The SMILES string of the molecule is O=S(=O)(Nc1cc(Cl)ccc1NS(=O)(=O)c1ccc(F)cc1Cl)c1cc2ccccc2o1. The van der Waals surface area contributed by atoms with E-state index in [9.17, 15) is 21.2 Å². The highest BCUT2D eigenvalue weighted by atomic mass is 35.5. The highest BCUT2D eigenvalue weighted by Gasteiger charge is 2.24. The summed E-state index contributed by atoms with van der Waals surface area (Å²) in [6.45, 7) is 0. The van der Waals surface area contributed by atoms with Crippen LogP contribution in [0.3, 0.4) is 0 Å². The molecule has 0 fully saturated rings. The highest BCUT2D eigenvalue weighted by Crippen LogP contribution is 2.32. The average Bonchev–Trinajstić information content (AvgIpc) is 3.15. The normalized spacial score (nSPS) is 12.1. The maximum absolute atomic E-state index is 13.3. The second kappa shape index (κ2) is 8.28. The molecule has 2 N–H and O–H groups in total. The van der Waals surface area contributed by atoms with Gasteiger partial charge in [-0.2, -0.15) is 8.42 Å². The van der Waals surface area contributed by atoms with Crippen molar-refractivity contribution in [1.29, 1.82) is 0 Å². The van der Waals surface area contributed by atoms with Gasteiger partial charge < -0.3 is 4.42 Å². The van der Waals surface area contributed by atoms with Crippen LogP contribution in [0.15, 0.2) is 81.1 Å². The molecule has 0 saturated heterocycles. The summed E-state index contributed by atoms with van der Waals surface area (Å²) in [4.78, 5) is -0.387. The Labute approximate surface area is 192 Å². The third kappa shape index (κ3) is 4.53. The quantitative estimate of drug-likeness (QED) is 0.354. The molecule has 4 rings (SSSR count). The van der Waals surface area contributed by atoms with Crippen LogP contribution in [-0.2, 0) is 20.0 Å². The van der Waals surface area contributed by atoms with E-state index in [1.165, 1.54) is 24.3 Å². The molecular weight excluding hydrogens is 502 g/mol. The van der Waals surface area contributed by atoms with E-state index in [0.717, 1.165) is 18.2 Å². The lowest BCUT2D eigenvalue weighted by Gasteiger charge is -2.15. The zero-order chi connectivity index (χ0) is 23.1. The molecule has 0 radical (unpaired) electrons. The van der Waals surface area contributed by atoms with E-state index in [1.807, 2.05) is 0 Å². The van der Waals surface area contributed by atoms with Crippen LogP contribution in [0.1, 0.15) is 0 Å². The van der Waals surface area contributed by atoms with Gasteiger partial charge in [-0.05, 0) is 42.5 Å². The first-order valence-electron chi connectivity index (χ1n) is 8.84. The number of rotatable bonds is 6. The number of hydrogen-bond acceptors (Lipinski definition) is 5. The van der Waals surface area contributed by atoms with E-state index in [1.54, 1.807) is 24.3 Å². The van der Waals surface area contributed by atoms with Crippen LogP contribution in [0.25, 0.3) is 11.0 Å². The van der Waals surface area contributed by atoms with Gasteiger partial charge in [0.05, 0.1) is 16.4 Å². The Balaban J connectivity index is 1.70. The number of benzene rings is 3. The molecule has 7 nitrogen and oxygen atoms in total. The minimum Gasteiger partial charge on any atom is -0.443 e. The molecule has 0 bridgehead atoms. The molecule has 0 amide bonds. The van der Waals surface area contributed by atoms with Crippen molar-refractivity contribution in [3.8, 4) is 0 Å². The molecular formula is C20H13Cl2FN2O5S2. The molecule has 166 valence electrons. The molecule has 0 aliphatic rings. The summed E-state index contributed by atoms with van der Waals surface area (Å²) in [6.07, 6.45) is 0. The van der Waals surface area contributed by atoms with Crippen LogP contribution in [0.4, 0.5) is 15.8 Å². The minimum atomic E-state index is -4.29. The number of para-hydroxylation sites is 1. The lowest BCUT2D eigenvalue weighted by Crippen LogP contribution is -2.17. The molecule has 0 saturated carbocycles. The first-order valence-corrected chi connectivity index (χ1v) is 12.6. The molecule has 0 aliphatic carbocycles. The van der Waals surface area contributed by atoms with E-state index in [0.29, 0.717) is 11.0 Å². The van der Waals surface area contributed by atoms with Gasteiger partial charge in [0.1, 0.15) is 16.3 Å². The van der Waals surface area contributed by atoms with Crippen LogP contribution < -0.4 is 9.44 Å². The molecule has 0 atom stereocenters. The van der Waals surface area contributed by atoms with Gasteiger partial charge in [0, 0.05) is 16.5 Å². The third-order valence-corrected chi connectivity index (χ3v) is 7.62. The van der Waals surface area contributed by atoms with E-state index < -0.39 is 25.9 Å². The first kappa shape index (κ1) is 22.4. The summed E-state index contributed by atoms with van der Waals surface area (Å²) in [5, 5.41) is 0.0193. The fourth-order valence-electron chi connectivity index (χ4n) is 2.87. The summed E-state index contributed by atoms with van der Waals surface area (Å²) >= 11 is 11.9. The highest BCUT2D eigenvalue weighted by molar-refractivity contribution is 7.93. The summed E-state index contributed by atoms with van der Waals surface area (Å²) in [7, 11) is -8.52. The summed E-state index contributed by atoms with van der Waals surface area (Å²) < 4.78 is 74.5. The molecule has 0 unspecified atom stereocenters. The molecule has 0 aliphatic heterocycles. The number of furan rings is 1. The van der Waals surface area contributed by atoms with Crippen molar-refractivity contribution in [3.05, 3.63) is 82.6 Å². The van der Waals surface area contributed by atoms with Gasteiger partial charge >= 0.3 is 0 Å². The maximum Gasteiger partial charge on any atom is 0.295 e. The van der Waals surface area contributed by atoms with E-state index in [-0.39, 0.29) is 31.4 Å². The van der Waals surface area contributed by atoms with Crippen LogP contribution in [0.2, 0.25) is 10.0 Å². The molecule has 3 aromatic carbocycles. The monoisotopic (exact) mass is 514 g/mol. The topological polar surface area (TPSA) is 105 Å². The zero-order valence-corrected chi connectivity index (χ0v) is 19.0. The van der Waals surface area contributed by atoms with Gasteiger partial charge in [-0.25, -0.2) is 12.8 Å². The molecule has 1 aromatic heterocycles. The standard InChI is InChI=1S/C20H13Cl2FN2O5S2/c21-13-5-7-16(24-31(26,27)19-8-6-14(23)11-15(19)22)17(10-13)25-32(28,29)20-9-12-3-1-2-4-18(12)30-20/h1-11,24-25H. The second-order valence-corrected chi connectivity index (χ2v) is 10.7. The number of anilines is 2. The van der Waals surface area contributed by atoms with E-state index >= 15 is 0 Å². The van der Waals surface area contributed by atoms with Crippen molar-refractivity contribution in [2.45, 2.75) is 9.99 Å². The summed E-state index contributed by atoms with van der Waals surface area (Å²) in [6, 6.07) is 14.7. The third-order valence-electron chi connectivity index (χ3n) is 4.32. The van der Waals surface area contributed by atoms with Gasteiger partial charge in [0.2, 0.25) is 5.09 Å². The van der Waals surface area contributed by atoms with Crippen molar-refractivity contribution >= 4 is 65.6 Å². The van der Waals surface area contributed by atoms with Crippen molar-refractivity contribution < 1.29 is 25.6 Å². The fourth-order valence-corrected chi connectivity index (χ4v) is 5.69. The number of sulfonamides is 2. The summed E-state index contributed by atoms with van der Waals surface area (Å²) in [5.41, 5.74) is 0.0834. The molecule has 0 spiro atoms. The summed E-state index contributed by atoms with van der Waals surface area (Å²) in [5.74, 6) is -0.709.